The standard InChI is InChI=1S/C29H36FN3O7/c1-5-7-9-38-24-18(31)13-17(30)15-11-14-12-16-22(33(3)4)25-21(28(32-40-25)39-10-8-6-2)27(36)29(16,37)26(35)19(14)23(34)20(15)24/h13-14,16,22,35,37H,5-12,31H2,1-4H3/t14-,16-,22-,29-/m0/s1. The van der Waals surface area contributed by atoms with Crippen molar-refractivity contribution < 1.29 is 38.2 Å². The predicted octanol–water partition coefficient (Wildman–Crippen LogP) is 4.17. The van der Waals surface area contributed by atoms with E-state index in [-0.39, 0.29) is 71.4 Å². The second-order valence-corrected chi connectivity index (χ2v) is 11.1. The zero-order valence-electron chi connectivity index (χ0n) is 23.3. The number of aromatic nitrogens is 1. The molecule has 0 spiro atoms. The molecule has 1 aromatic carbocycles. The second-order valence-electron chi connectivity index (χ2n) is 11.1. The summed E-state index contributed by atoms with van der Waals surface area (Å²) in [4.78, 5) is 29.7. The van der Waals surface area contributed by atoms with Crippen LogP contribution in [-0.2, 0) is 6.42 Å². The average molecular weight is 558 g/mol. The lowest BCUT2D eigenvalue weighted by atomic mass is 9.58. The number of fused-ring (bicyclic) bond motifs is 4. The lowest BCUT2D eigenvalue weighted by molar-refractivity contribution is -0.0559. The van der Waals surface area contributed by atoms with Crippen molar-refractivity contribution in [3.05, 3.63) is 45.7 Å². The largest absolute Gasteiger partial charge is 0.508 e. The molecule has 0 radical (unpaired) electrons. The maximum absolute atomic E-state index is 15.2. The summed E-state index contributed by atoms with van der Waals surface area (Å²) in [7, 11) is 3.51. The van der Waals surface area contributed by atoms with Crippen LogP contribution in [0.25, 0.3) is 0 Å². The number of Topliss-reactive ketones (excluding diaryl/α,β-unsaturated/α-hetero) is 2. The molecular weight excluding hydrogens is 521 g/mol. The van der Waals surface area contributed by atoms with Gasteiger partial charge in [0.1, 0.15) is 17.1 Å². The highest BCUT2D eigenvalue weighted by Crippen LogP contribution is 2.56. The quantitative estimate of drug-likeness (QED) is 0.303. The van der Waals surface area contributed by atoms with Crippen molar-refractivity contribution in [1.82, 2.24) is 10.1 Å². The monoisotopic (exact) mass is 557 g/mol. The van der Waals surface area contributed by atoms with E-state index < -0.39 is 46.6 Å². The number of aliphatic hydroxyl groups excluding tert-OH is 1. The number of carbonyl (C=O) groups excluding carboxylic acids is 2. The molecule has 0 aliphatic heterocycles. The maximum atomic E-state index is 15.2. The van der Waals surface area contributed by atoms with Gasteiger partial charge in [-0.15, -0.1) is 0 Å². The van der Waals surface area contributed by atoms with Crippen LogP contribution in [0.2, 0.25) is 0 Å². The number of aliphatic hydroxyl groups is 2. The molecule has 0 unspecified atom stereocenters. The molecule has 2 aromatic rings. The molecule has 0 saturated heterocycles. The maximum Gasteiger partial charge on any atom is 0.265 e. The molecule has 0 saturated carbocycles. The highest BCUT2D eigenvalue weighted by Gasteiger charge is 2.64. The van der Waals surface area contributed by atoms with Crippen LogP contribution in [0.1, 0.15) is 84.0 Å². The molecule has 4 atom stereocenters. The minimum atomic E-state index is -2.45. The number of ketones is 2. The summed E-state index contributed by atoms with van der Waals surface area (Å²) >= 11 is 0. The van der Waals surface area contributed by atoms with Crippen molar-refractivity contribution in [3.63, 3.8) is 0 Å². The second kappa shape index (κ2) is 10.5. The molecule has 3 aliphatic carbocycles. The summed E-state index contributed by atoms with van der Waals surface area (Å²) < 4.78 is 32.4. The van der Waals surface area contributed by atoms with Crippen molar-refractivity contribution >= 4 is 17.3 Å². The molecule has 4 N–H and O–H groups in total. The normalized spacial score (nSPS) is 25.4. The zero-order chi connectivity index (χ0) is 28.9. The number of allylic oxidation sites excluding steroid dienone is 1. The van der Waals surface area contributed by atoms with Gasteiger partial charge >= 0.3 is 0 Å². The average Bonchev–Trinajstić information content (AvgIpc) is 3.31. The van der Waals surface area contributed by atoms with Crippen LogP contribution in [-0.4, -0.2) is 64.7 Å². The van der Waals surface area contributed by atoms with Crippen molar-refractivity contribution in [3.8, 4) is 11.6 Å². The van der Waals surface area contributed by atoms with Gasteiger partial charge in [-0.25, -0.2) is 4.39 Å². The Kier molecular flexibility index (Phi) is 7.39. The van der Waals surface area contributed by atoms with Gasteiger partial charge in [0, 0.05) is 23.1 Å². The van der Waals surface area contributed by atoms with E-state index in [4.69, 9.17) is 19.7 Å². The lowest BCUT2D eigenvalue weighted by Gasteiger charge is -2.49. The molecule has 10 nitrogen and oxygen atoms in total. The number of hydrogen-bond donors (Lipinski definition) is 3. The Labute approximate surface area is 231 Å². The molecule has 0 amide bonds. The molecule has 5 rings (SSSR count). The van der Waals surface area contributed by atoms with Crippen LogP contribution < -0.4 is 15.2 Å². The summed E-state index contributed by atoms with van der Waals surface area (Å²) in [6.45, 7) is 4.53. The minimum absolute atomic E-state index is 0.0314. The summed E-state index contributed by atoms with van der Waals surface area (Å²) in [6, 6.07) is 0.465. The Bertz CT molecular complexity index is 1380. The van der Waals surface area contributed by atoms with E-state index in [0.29, 0.717) is 12.8 Å². The van der Waals surface area contributed by atoms with Gasteiger partial charge in [0.05, 0.1) is 30.5 Å². The Hall–Kier alpha value is -3.44. The third kappa shape index (κ3) is 4.09. The van der Waals surface area contributed by atoms with Gasteiger partial charge in [0.25, 0.3) is 5.88 Å². The highest BCUT2D eigenvalue weighted by molar-refractivity contribution is 6.16. The number of benzene rings is 1. The van der Waals surface area contributed by atoms with Gasteiger partial charge < -0.3 is 29.9 Å². The van der Waals surface area contributed by atoms with Crippen molar-refractivity contribution in [2.24, 2.45) is 11.8 Å². The van der Waals surface area contributed by atoms with Crippen LogP contribution >= 0.6 is 0 Å². The molecule has 1 heterocycles. The first-order chi connectivity index (χ1) is 19.1. The number of carbonyl (C=O) groups is 2. The van der Waals surface area contributed by atoms with E-state index >= 15 is 4.39 Å². The predicted molar refractivity (Wildman–Crippen MR) is 143 cm³/mol. The van der Waals surface area contributed by atoms with Gasteiger partial charge in [0.15, 0.2) is 22.9 Å². The van der Waals surface area contributed by atoms with Gasteiger partial charge in [0.2, 0.25) is 5.78 Å². The molecular formula is C29H36FN3O7. The van der Waals surface area contributed by atoms with Crippen LogP contribution in [0.15, 0.2) is 21.9 Å². The number of anilines is 1. The van der Waals surface area contributed by atoms with E-state index in [1.54, 1.807) is 19.0 Å². The van der Waals surface area contributed by atoms with Gasteiger partial charge in [-0.3, -0.25) is 14.5 Å². The van der Waals surface area contributed by atoms with E-state index in [1.807, 2.05) is 13.8 Å². The van der Waals surface area contributed by atoms with Crippen LogP contribution in [0.4, 0.5) is 10.1 Å². The van der Waals surface area contributed by atoms with E-state index in [9.17, 15) is 19.8 Å². The van der Waals surface area contributed by atoms with E-state index in [1.165, 1.54) is 0 Å². The molecule has 3 aliphatic rings. The molecule has 0 fully saturated rings. The van der Waals surface area contributed by atoms with Crippen LogP contribution in [0.5, 0.6) is 11.6 Å². The minimum Gasteiger partial charge on any atom is -0.508 e. The topological polar surface area (TPSA) is 148 Å². The Morgan fingerprint density at radius 1 is 1.18 bits per heavy atom. The first-order valence-electron chi connectivity index (χ1n) is 13.9. The summed E-state index contributed by atoms with van der Waals surface area (Å²) in [5.41, 5.74) is 3.48. The summed E-state index contributed by atoms with van der Waals surface area (Å²) in [6.07, 6.45) is 3.27. The third-order valence-corrected chi connectivity index (χ3v) is 8.33. The zero-order valence-corrected chi connectivity index (χ0v) is 23.3. The fraction of sp³-hybridized carbons (Fsp3) is 0.552. The number of hydrogen-bond acceptors (Lipinski definition) is 10. The Morgan fingerprint density at radius 2 is 1.85 bits per heavy atom. The highest BCUT2D eigenvalue weighted by atomic mass is 19.1. The number of nitrogen functional groups attached to an aromatic ring is 1. The number of ether oxygens (including phenoxy) is 2. The molecule has 11 heteroatoms. The Morgan fingerprint density at radius 3 is 2.50 bits per heavy atom. The van der Waals surface area contributed by atoms with E-state index in [0.717, 1.165) is 18.9 Å². The number of halogens is 1. The number of nitrogens with zero attached hydrogens (tertiary/aromatic N) is 2. The van der Waals surface area contributed by atoms with Crippen LogP contribution in [0, 0.1) is 17.7 Å². The molecule has 216 valence electrons. The fourth-order valence-electron chi connectivity index (χ4n) is 6.34. The number of rotatable bonds is 9. The SMILES string of the molecule is CCCCOc1noc2c1C(=O)[C@@]1(O)C(O)=C3C(=O)c4c(c(F)cc(N)c4OCCCC)C[C@H]3C[C@H]1[C@@H]2N(C)C. The van der Waals surface area contributed by atoms with Gasteiger partial charge in [-0.1, -0.05) is 26.7 Å². The first-order valence-corrected chi connectivity index (χ1v) is 13.9. The third-order valence-electron chi connectivity index (χ3n) is 8.33. The van der Waals surface area contributed by atoms with Crippen LogP contribution in [0.3, 0.4) is 0 Å². The van der Waals surface area contributed by atoms with Crippen molar-refractivity contribution in [2.45, 2.75) is 64.0 Å². The molecule has 1 aromatic heterocycles. The van der Waals surface area contributed by atoms with Gasteiger partial charge in [-0.05, 0) is 50.9 Å². The van der Waals surface area contributed by atoms with E-state index in [2.05, 4.69) is 5.16 Å². The lowest BCUT2D eigenvalue weighted by Crippen LogP contribution is -2.59. The number of unbranched alkanes of at least 4 members (excludes halogenated alkanes) is 2. The van der Waals surface area contributed by atoms with Crippen molar-refractivity contribution in [2.75, 3.05) is 33.0 Å². The smallest absolute Gasteiger partial charge is 0.265 e. The van der Waals surface area contributed by atoms with Gasteiger partial charge in [-0.2, -0.15) is 0 Å². The van der Waals surface area contributed by atoms with Crippen molar-refractivity contribution in [1.29, 1.82) is 0 Å². The summed E-state index contributed by atoms with van der Waals surface area (Å²) in [5.74, 6) is -4.29. The number of nitrogens with two attached hydrogens (primary N) is 1. The fourth-order valence-corrected chi connectivity index (χ4v) is 6.34. The Balaban J connectivity index is 1.65. The summed E-state index contributed by atoms with van der Waals surface area (Å²) in [5, 5.41) is 27.7. The molecule has 0 bridgehead atoms. The molecule has 40 heavy (non-hydrogen) atoms. The first kappa shape index (κ1) is 28.1.